The summed E-state index contributed by atoms with van der Waals surface area (Å²) in [5.74, 6) is 1.78. The fraction of sp³-hybridized carbons (Fsp3) is 1.00. The molecule has 12 heavy (non-hydrogen) atoms. The first-order chi connectivity index (χ1) is 5.92. The van der Waals surface area contributed by atoms with Crippen molar-refractivity contribution in [3.63, 3.8) is 0 Å². The summed E-state index contributed by atoms with van der Waals surface area (Å²) in [6.07, 6.45) is 5.60. The average Bonchev–Trinajstić information content (AvgIpc) is 2.77. The molecule has 1 heterocycles. The van der Waals surface area contributed by atoms with Crippen LogP contribution in [0.2, 0.25) is 0 Å². The average molecular weight is 169 g/mol. The van der Waals surface area contributed by atoms with Crippen LogP contribution in [-0.4, -0.2) is 26.3 Å². The molecule has 1 aliphatic carbocycles. The molecule has 2 rings (SSSR count). The highest BCUT2D eigenvalue weighted by Crippen LogP contribution is 2.40. The fourth-order valence-corrected chi connectivity index (χ4v) is 2.37. The maximum absolute atomic E-state index is 5.28. The van der Waals surface area contributed by atoms with E-state index in [4.69, 9.17) is 4.74 Å². The third kappa shape index (κ3) is 1.80. The van der Waals surface area contributed by atoms with E-state index in [2.05, 4.69) is 5.32 Å². The van der Waals surface area contributed by atoms with Crippen LogP contribution in [0.3, 0.4) is 0 Å². The zero-order valence-corrected chi connectivity index (χ0v) is 7.88. The smallest absolute Gasteiger partial charge is 0.0508 e. The van der Waals surface area contributed by atoms with E-state index in [1.54, 1.807) is 0 Å². The highest BCUT2D eigenvalue weighted by molar-refractivity contribution is 4.91. The first kappa shape index (κ1) is 8.52. The van der Waals surface area contributed by atoms with Crippen molar-refractivity contribution in [3.05, 3.63) is 0 Å². The van der Waals surface area contributed by atoms with Gasteiger partial charge in [-0.1, -0.05) is 0 Å². The maximum Gasteiger partial charge on any atom is 0.0508 e. The number of hydrogen-bond acceptors (Lipinski definition) is 2. The van der Waals surface area contributed by atoms with E-state index in [1.165, 1.54) is 32.2 Å². The van der Waals surface area contributed by atoms with Crippen LogP contribution in [-0.2, 0) is 4.74 Å². The molecule has 0 spiro atoms. The molecule has 1 N–H and O–H groups in total. The van der Waals surface area contributed by atoms with Crippen LogP contribution in [0, 0.1) is 11.8 Å². The fourth-order valence-electron chi connectivity index (χ4n) is 2.37. The van der Waals surface area contributed by atoms with Gasteiger partial charge < -0.3 is 10.1 Å². The quantitative estimate of drug-likeness (QED) is 0.687. The third-order valence-electron chi connectivity index (χ3n) is 3.20. The molecule has 1 saturated carbocycles. The molecule has 2 heteroatoms. The van der Waals surface area contributed by atoms with E-state index in [1.807, 2.05) is 7.11 Å². The molecule has 2 unspecified atom stereocenters. The predicted molar refractivity (Wildman–Crippen MR) is 49.1 cm³/mol. The second kappa shape index (κ2) is 3.75. The number of nitrogens with one attached hydrogen (secondary N) is 1. The molecule has 0 aromatic heterocycles. The molecule has 1 saturated heterocycles. The van der Waals surface area contributed by atoms with Crippen LogP contribution >= 0.6 is 0 Å². The van der Waals surface area contributed by atoms with Crippen molar-refractivity contribution in [2.45, 2.75) is 31.7 Å². The Bertz CT molecular complexity index is 139. The Morgan fingerprint density at radius 2 is 2.25 bits per heavy atom. The Labute approximate surface area is 74.7 Å². The lowest BCUT2D eigenvalue weighted by molar-refractivity contribution is 0.123. The van der Waals surface area contributed by atoms with Crippen molar-refractivity contribution in [3.8, 4) is 0 Å². The van der Waals surface area contributed by atoms with E-state index in [0.717, 1.165) is 24.5 Å². The van der Waals surface area contributed by atoms with Crippen molar-refractivity contribution in [2.24, 2.45) is 11.8 Å². The van der Waals surface area contributed by atoms with Gasteiger partial charge in [-0.2, -0.15) is 0 Å². The highest BCUT2D eigenvalue weighted by Gasteiger charge is 2.37. The van der Waals surface area contributed by atoms with Gasteiger partial charge in [-0.15, -0.1) is 0 Å². The van der Waals surface area contributed by atoms with Gasteiger partial charge in [0.1, 0.15) is 0 Å². The van der Waals surface area contributed by atoms with Crippen LogP contribution in [0.15, 0.2) is 0 Å². The van der Waals surface area contributed by atoms with Gasteiger partial charge in [-0.25, -0.2) is 0 Å². The van der Waals surface area contributed by atoms with Crippen molar-refractivity contribution < 1.29 is 4.74 Å². The molecular formula is C10H19NO. The zero-order valence-electron chi connectivity index (χ0n) is 7.88. The molecule has 2 aliphatic rings. The van der Waals surface area contributed by atoms with Gasteiger partial charge in [0.05, 0.1) is 6.61 Å². The van der Waals surface area contributed by atoms with Gasteiger partial charge in [0, 0.05) is 19.1 Å². The Balaban J connectivity index is 1.85. The topological polar surface area (TPSA) is 21.3 Å². The Morgan fingerprint density at radius 3 is 2.75 bits per heavy atom. The molecule has 1 aliphatic heterocycles. The molecule has 2 atom stereocenters. The molecule has 2 fully saturated rings. The van der Waals surface area contributed by atoms with Gasteiger partial charge in [0.15, 0.2) is 0 Å². The SMILES string of the molecule is COCC(C1CC1)C1CCCN1. The lowest BCUT2D eigenvalue weighted by atomic mass is 9.94. The lowest BCUT2D eigenvalue weighted by Crippen LogP contribution is -2.34. The normalized spacial score (nSPS) is 32.2. The number of hydrogen-bond donors (Lipinski definition) is 1. The molecule has 0 bridgehead atoms. The summed E-state index contributed by atoms with van der Waals surface area (Å²) >= 11 is 0. The summed E-state index contributed by atoms with van der Waals surface area (Å²) in [5.41, 5.74) is 0. The summed E-state index contributed by atoms with van der Waals surface area (Å²) in [6, 6.07) is 0.762. The molecule has 70 valence electrons. The van der Waals surface area contributed by atoms with Gasteiger partial charge in [0.2, 0.25) is 0 Å². The van der Waals surface area contributed by atoms with E-state index >= 15 is 0 Å². The maximum atomic E-state index is 5.28. The lowest BCUT2D eigenvalue weighted by Gasteiger charge is -2.22. The standard InChI is InChI=1S/C10H19NO/c1-12-7-9(8-4-5-8)10-3-2-6-11-10/h8-11H,2-7H2,1H3. The summed E-state index contributed by atoms with van der Waals surface area (Å²) in [4.78, 5) is 0. The van der Waals surface area contributed by atoms with Gasteiger partial charge in [0.25, 0.3) is 0 Å². The minimum absolute atomic E-state index is 0.762. The third-order valence-corrected chi connectivity index (χ3v) is 3.20. The molecule has 0 amide bonds. The summed E-state index contributed by atoms with van der Waals surface area (Å²) in [6.45, 7) is 2.18. The van der Waals surface area contributed by atoms with Gasteiger partial charge in [-0.3, -0.25) is 0 Å². The summed E-state index contributed by atoms with van der Waals surface area (Å²) in [7, 11) is 1.82. The molecule has 2 nitrogen and oxygen atoms in total. The van der Waals surface area contributed by atoms with E-state index in [9.17, 15) is 0 Å². The Kier molecular flexibility index (Phi) is 2.66. The van der Waals surface area contributed by atoms with Crippen molar-refractivity contribution in [2.75, 3.05) is 20.3 Å². The van der Waals surface area contributed by atoms with Crippen LogP contribution in [0.25, 0.3) is 0 Å². The minimum Gasteiger partial charge on any atom is -0.384 e. The van der Waals surface area contributed by atoms with Gasteiger partial charge >= 0.3 is 0 Å². The summed E-state index contributed by atoms with van der Waals surface area (Å²) in [5, 5.41) is 3.58. The molecule has 0 aromatic rings. The van der Waals surface area contributed by atoms with Crippen LogP contribution in [0.1, 0.15) is 25.7 Å². The van der Waals surface area contributed by atoms with Crippen LogP contribution < -0.4 is 5.32 Å². The summed E-state index contributed by atoms with van der Waals surface area (Å²) < 4.78 is 5.28. The predicted octanol–water partition coefficient (Wildman–Crippen LogP) is 1.41. The number of ether oxygens (including phenoxy) is 1. The van der Waals surface area contributed by atoms with Crippen molar-refractivity contribution in [1.82, 2.24) is 5.32 Å². The van der Waals surface area contributed by atoms with E-state index in [-0.39, 0.29) is 0 Å². The first-order valence-corrected chi connectivity index (χ1v) is 5.14. The zero-order chi connectivity index (χ0) is 8.39. The van der Waals surface area contributed by atoms with Gasteiger partial charge in [-0.05, 0) is 38.1 Å². The Morgan fingerprint density at radius 1 is 1.42 bits per heavy atom. The number of rotatable bonds is 4. The minimum atomic E-state index is 0.762. The molecule has 0 aromatic carbocycles. The van der Waals surface area contributed by atoms with Crippen molar-refractivity contribution >= 4 is 0 Å². The second-order valence-electron chi connectivity index (χ2n) is 4.16. The number of methoxy groups -OCH3 is 1. The Hall–Kier alpha value is -0.0800. The monoisotopic (exact) mass is 169 g/mol. The molecular weight excluding hydrogens is 150 g/mol. The first-order valence-electron chi connectivity index (χ1n) is 5.14. The largest absolute Gasteiger partial charge is 0.384 e. The highest BCUT2D eigenvalue weighted by atomic mass is 16.5. The van der Waals surface area contributed by atoms with Crippen molar-refractivity contribution in [1.29, 1.82) is 0 Å². The molecule has 0 radical (unpaired) electrons. The van der Waals surface area contributed by atoms with Crippen LogP contribution in [0.5, 0.6) is 0 Å². The second-order valence-corrected chi connectivity index (χ2v) is 4.16. The van der Waals surface area contributed by atoms with E-state index in [0.29, 0.717) is 0 Å². The van der Waals surface area contributed by atoms with E-state index < -0.39 is 0 Å². The van der Waals surface area contributed by atoms with Crippen LogP contribution in [0.4, 0.5) is 0 Å².